The molecule has 8 nitrogen and oxygen atoms in total. The summed E-state index contributed by atoms with van der Waals surface area (Å²) >= 11 is 0. The maximum atomic E-state index is 12.1. The van der Waals surface area contributed by atoms with E-state index in [9.17, 15) is 4.79 Å². The Bertz CT molecular complexity index is 908. The molecule has 1 fully saturated rings. The highest BCUT2D eigenvalue weighted by Crippen LogP contribution is 2.20. The van der Waals surface area contributed by atoms with E-state index in [-0.39, 0.29) is 12.2 Å². The summed E-state index contributed by atoms with van der Waals surface area (Å²) in [5.74, 6) is 1.52. The van der Waals surface area contributed by atoms with Crippen molar-refractivity contribution in [3.05, 3.63) is 60.2 Å². The Morgan fingerprint density at radius 2 is 1.43 bits per heavy atom. The Hall–Kier alpha value is -2.81. The van der Waals surface area contributed by atoms with E-state index in [4.69, 9.17) is 28.4 Å². The van der Waals surface area contributed by atoms with Gasteiger partial charge in [0.1, 0.15) is 30.3 Å². The summed E-state index contributed by atoms with van der Waals surface area (Å²) in [5, 5.41) is 0. The minimum Gasteiger partial charge on any atom is -0.491 e. The fourth-order valence-corrected chi connectivity index (χ4v) is 3.74. The Balaban J connectivity index is 1.15. The van der Waals surface area contributed by atoms with Gasteiger partial charge in [-0.15, -0.1) is 0 Å². The Morgan fingerprint density at radius 1 is 0.811 bits per heavy atom. The molecule has 1 aliphatic rings. The van der Waals surface area contributed by atoms with E-state index in [0.717, 1.165) is 29.9 Å². The lowest BCUT2D eigenvalue weighted by Gasteiger charge is -2.33. The quantitative estimate of drug-likeness (QED) is 0.324. The van der Waals surface area contributed by atoms with Crippen molar-refractivity contribution in [1.82, 2.24) is 4.90 Å². The molecule has 1 aliphatic heterocycles. The summed E-state index contributed by atoms with van der Waals surface area (Å²) < 4.78 is 34.1. The van der Waals surface area contributed by atoms with Gasteiger partial charge in [0.2, 0.25) is 0 Å². The Labute approximate surface area is 220 Å². The highest BCUT2D eigenvalue weighted by molar-refractivity contribution is 5.68. The summed E-state index contributed by atoms with van der Waals surface area (Å²) in [6.45, 7) is 10.4. The molecule has 204 valence electrons. The van der Waals surface area contributed by atoms with Crippen LogP contribution in [0.4, 0.5) is 4.79 Å². The van der Waals surface area contributed by atoms with E-state index >= 15 is 0 Å². The normalized spacial score (nSPS) is 14.4. The second-order valence-corrected chi connectivity index (χ2v) is 9.86. The summed E-state index contributed by atoms with van der Waals surface area (Å²) in [7, 11) is 0. The van der Waals surface area contributed by atoms with Crippen LogP contribution in [0.1, 0.15) is 39.2 Å². The Kier molecular flexibility index (Phi) is 12.0. The van der Waals surface area contributed by atoms with Crippen molar-refractivity contribution >= 4 is 6.09 Å². The molecule has 37 heavy (non-hydrogen) atoms. The van der Waals surface area contributed by atoms with Gasteiger partial charge in [0.05, 0.1) is 39.1 Å². The number of rotatable bonds is 14. The molecule has 0 radical (unpaired) electrons. The summed E-state index contributed by atoms with van der Waals surface area (Å²) in [4.78, 5) is 13.9. The van der Waals surface area contributed by atoms with Crippen LogP contribution in [0.25, 0.3) is 0 Å². The number of hydrogen-bond acceptors (Lipinski definition) is 7. The third-order valence-electron chi connectivity index (χ3n) is 5.60. The first-order valence-electron chi connectivity index (χ1n) is 13.0. The van der Waals surface area contributed by atoms with Crippen LogP contribution in [0.3, 0.4) is 0 Å². The first kappa shape index (κ1) is 28.8. The number of hydrogen-bond donors (Lipinski definition) is 0. The molecule has 0 saturated carbocycles. The number of likely N-dealkylation sites (tertiary alicyclic amines) is 1. The van der Waals surface area contributed by atoms with Gasteiger partial charge >= 0.3 is 6.09 Å². The molecule has 0 atom stereocenters. The molecule has 0 bridgehead atoms. The number of ether oxygens (including phenoxy) is 6. The second-order valence-electron chi connectivity index (χ2n) is 9.86. The van der Waals surface area contributed by atoms with Crippen LogP contribution in [0.5, 0.6) is 11.5 Å². The van der Waals surface area contributed by atoms with Crippen molar-refractivity contribution in [3.63, 3.8) is 0 Å². The number of carbonyl (C=O) groups excluding carboxylic acids is 1. The lowest BCUT2D eigenvalue weighted by Crippen LogP contribution is -2.43. The maximum Gasteiger partial charge on any atom is 0.410 e. The standard InChI is InChI=1S/C29H41NO7/c1-29(2,3)37-28(31)30-14-12-25(13-15-30)34-20-18-32-16-17-33-19-21-35-26-10-7-11-27(22-26)36-23-24-8-5-4-6-9-24/h4-11,22,25H,12-21,23H2,1-3H3. The average molecular weight is 516 g/mol. The van der Waals surface area contributed by atoms with Gasteiger partial charge in [-0.3, -0.25) is 0 Å². The van der Waals surface area contributed by atoms with E-state index in [1.54, 1.807) is 4.90 Å². The lowest BCUT2D eigenvalue weighted by atomic mass is 10.1. The van der Waals surface area contributed by atoms with Gasteiger partial charge in [0, 0.05) is 19.2 Å². The summed E-state index contributed by atoms with van der Waals surface area (Å²) in [5.41, 5.74) is 0.652. The van der Waals surface area contributed by atoms with Crippen molar-refractivity contribution in [2.24, 2.45) is 0 Å². The van der Waals surface area contributed by atoms with Crippen LogP contribution < -0.4 is 9.47 Å². The van der Waals surface area contributed by atoms with Crippen LogP contribution in [-0.4, -0.2) is 75.4 Å². The topological polar surface area (TPSA) is 75.7 Å². The van der Waals surface area contributed by atoms with Gasteiger partial charge < -0.3 is 33.3 Å². The Morgan fingerprint density at radius 3 is 2.11 bits per heavy atom. The van der Waals surface area contributed by atoms with Gasteiger partial charge in [-0.2, -0.15) is 0 Å². The number of amides is 1. The second kappa shape index (κ2) is 15.4. The SMILES string of the molecule is CC(C)(C)OC(=O)N1CCC(OCCOCCOCCOc2cccc(OCc3ccccc3)c2)CC1. The molecule has 0 aromatic heterocycles. The lowest BCUT2D eigenvalue weighted by molar-refractivity contribution is -0.0364. The zero-order valence-corrected chi connectivity index (χ0v) is 22.4. The molecule has 2 aromatic carbocycles. The zero-order chi connectivity index (χ0) is 26.3. The summed E-state index contributed by atoms with van der Waals surface area (Å²) in [6.07, 6.45) is 1.52. The third kappa shape index (κ3) is 11.9. The number of nitrogens with zero attached hydrogens (tertiary/aromatic N) is 1. The molecule has 1 heterocycles. The fourth-order valence-electron chi connectivity index (χ4n) is 3.74. The van der Waals surface area contributed by atoms with E-state index in [0.29, 0.717) is 59.3 Å². The predicted molar refractivity (Wildman–Crippen MR) is 141 cm³/mol. The monoisotopic (exact) mass is 515 g/mol. The van der Waals surface area contributed by atoms with E-state index in [2.05, 4.69) is 0 Å². The van der Waals surface area contributed by atoms with Gasteiger partial charge in [-0.05, 0) is 51.3 Å². The highest BCUT2D eigenvalue weighted by atomic mass is 16.6. The molecular formula is C29H41NO7. The summed E-state index contributed by atoms with van der Waals surface area (Å²) in [6, 6.07) is 17.7. The molecule has 8 heteroatoms. The van der Waals surface area contributed by atoms with Gasteiger partial charge in [-0.1, -0.05) is 36.4 Å². The first-order valence-corrected chi connectivity index (χ1v) is 13.0. The van der Waals surface area contributed by atoms with E-state index in [1.165, 1.54) is 0 Å². The number of benzene rings is 2. The van der Waals surface area contributed by atoms with Crippen LogP contribution in [0.2, 0.25) is 0 Å². The molecular weight excluding hydrogens is 474 g/mol. The van der Waals surface area contributed by atoms with Crippen molar-refractivity contribution in [1.29, 1.82) is 0 Å². The smallest absolute Gasteiger partial charge is 0.410 e. The van der Waals surface area contributed by atoms with Crippen molar-refractivity contribution < 1.29 is 33.2 Å². The largest absolute Gasteiger partial charge is 0.491 e. The minimum atomic E-state index is -0.470. The molecule has 0 spiro atoms. The van der Waals surface area contributed by atoms with Crippen molar-refractivity contribution in [2.45, 2.75) is 51.9 Å². The first-order chi connectivity index (χ1) is 17.9. The number of carbonyl (C=O) groups is 1. The van der Waals surface area contributed by atoms with Crippen LogP contribution >= 0.6 is 0 Å². The van der Waals surface area contributed by atoms with Gasteiger partial charge in [0.25, 0.3) is 0 Å². The van der Waals surface area contributed by atoms with E-state index < -0.39 is 5.60 Å². The molecule has 3 rings (SSSR count). The molecule has 2 aromatic rings. The molecule has 0 unspecified atom stereocenters. The highest BCUT2D eigenvalue weighted by Gasteiger charge is 2.27. The van der Waals surface area contributed by atoms with Crippen LogP contribution in [0.15, 0.2) is 54.6 Å². The van der Waals surface area contributed by atoms with Gasteiger partial charge in [-0.25, -0.2) is 4.79 Å². The molecule has 1 saturated heterocycles. The van der Waals surface area contributed by atoms with Crippen molar-refractivity contribution in [3.8, 4) is 11.5 Å². The van der Waals surface area contributed by atoms with E-state index in [1.807, 2.05) is 75.4 Å². The number of piperidine rings is 1. The maximum absolute atomic E-state index is 12.1. The van der Waals surface area contributed by atoms with Crippen LogP contribution in [-0.2, 0) is 25.6 Å². The molecule has 1 amide bonds. The molecule has 0 aliphatic carbocycles. The average Bonchev–Trinajstić information content (AvgIpc) is 2.89. The van der Waals surface area contributed by atoms with Gasteiger partial charge in [0.15, 0.2) is 0 Å². The van der Waals surface area contributed by atoms with Crippen LogP contribution in [0, 0.1) is 0 Å². The third-order valence-corrected chi connectivity index (χ3v) is 5.60. The molecule has 0 N–H and O–H groups in total. The fraction of sp³-hybridized carbons (Fsp3) is 0.552. The predicted octanol–water partition coefficient (Wildman–Crippen LogP) is 5.09. The minimum absolute atomic E-state index is 0.151. The van der Waals surface area contributed by atoms with Crippen molar-refractivity contribution in [2.75, 3.05) is 52.7 Å². The zero-order valence-electron chi connectivity index (χ0n) is 22.4.